The van der Waals surface area contributed by atoms with Gasteiger partial charge in [0.05, 0.1) is 17.8 Å². The molecule has 1 N–H and O–H groups in total. The molecule has 1 aliphatic rings. The van der Waals surface area contributed by atoms with Gasteiger partial charge in [-0.3, -0.25) is 14.9 Å². The number of likely N-dealkylation sites (N-methyl/N-ethyl adjacent to an activating group) is 1. The molecular weight excluding hydrogens is 318 g/mol. The second-order valence-corrected chi connectivity index (χ2v) is 6.39. The van der Waals surface area contributed by atoms with Gasteiger partial charge in [-0.15, -0.1) is 11.8 Å². The zero-order valence-electron chi connectivity index (χ0n) is 13.3. The maximum atomic E-state index is 12.1. The molecule has 0 aromatic heterocycles. The van der Waals surface area contributed by atoms with Crippen LogP contribution in [0.5, 0.6) is 5.75 Å². The highest BCUT2D eigenvalue weighted by Gasteiger charge is 2.23. The summed E-state index contributed by atoms with van der Waals surface area (Å²) in [7, 11) is 3.24. The fourth-order valence-electron chi connectivity index (χ4n) is 2.50. The Morgan fingerprint density at radius 2 is 2.35 bits per heavy atom. The molecule has 0 aliphatic carbocycles. The third-order valence-corrected chi connectivity index (χ3v) is 4.90. The summed E-state index contributed by atoms with van der Waals surface area (Å²) >= 11 is 1.46. The van der Waals surface area contributed by atoms with Crippen LogP contribution >= 0.6 is 11.8 Å². The summed E-state index contributed by atoms with van der Waals surface area (Å²) in [4.78, 5) is 24.5. The number of carbonyl (C=O) groups excluding carboxylic acids is 1. The number of rotatable bonds is 7. The van der Waals surface area contributed by atoms with E-state index in [9.17, 15) is 14.9 Å². The zero-order valence-corrected chi connectivity index (χ0v) is 14.1. The minimum atomic E-state index is -0.459. The molecular formula is C15H21N3O4S. The van der Waals surface area contributed by atoms with Gasteiger partial charge in [0.25, 0.3) is 0 Å². The Bertz CT molecular complexity index is 576. The number of hydrogen-bond donors (Lipinski definition) is 1. The van der Waals surface area contributed by atoms with Gasteiger partial charge < -0.3 is 15.0 Å². The Morgan fingerprint density at radius 3 is 2.96 bits per heavy atom. The van der Waals surface area contributed by atoms with Gasteiger partial charge in [-0.1, -0.05) is 6.07 Å². The quantitative estimate of drug-likeness (QED) is 0.601. The Labute approximate surface area is 139 Å². The topological polar surface area (TPSA) is 84.7 Å². The van der Waals surface area contributed by atoms with Gasteiger partial charge in [0, 0.05) is 31.5 Å². The Hall–Kier alpha value is -1.80. The molecule has 8 heteroatoms. The van der Waals surface area contributed by atoms with E-state index >= 15 is 0 Å². The zero-order chi connectivity index (χ0) is 16.8. The van der Waals surface area contributed by atoms with Crippen molar-refractivity contribution >= 4 is 23.4 Å². The number of nitrogens with zero attached hydrogens (tertiary/aromatic N) is 2. The van der Waals surface area contributed by atoms with Crippen LogP contribution in [0.4, 0.5) is 5.69 Å². The number of hydrogen-bond acceptors (Lipinski definition) is 6. The predicted molar refractivity (Wildman–Crippen MR) is 89.9 cm³/mol. The van der Waals surface area contributed by atoms with Crippen LogP contribution in [0.15, 0.2) is 18.2 Å². The Kier molecular flexibility index (Phi) is 6.23. The third kappa shape index (κ3) is 4.59. The van der Waals surface area contributed by atoms with Crippen molar-refractivity contribution in [2.24, 2.45) is 0 Å². The van der Waals surface area contributed by atoms with E-state index in [1.165, 1.54) is 24.9 Å². The Morgan fingerprint density at radius 1 is 1.57 bits per heavy atom. The van der Waals surface area contributed by atoms with Gasteiger partial charge >= 0.3 is 5.69 Å². The van der Waals surface area contributed by atoms with Crippen LogP contribution in [0.2, 0.25) is 0 Å². The minimum absolute atomic E-state index is 0.0499. The van der Waals surface area contributed by atoms with Crippen LogP contribution in [-0.2, 0) is 10.5 Å². The molecule has 23 heavy (non-hydrogen) atoms. The molecule has 2 rings (SSSR count). The normalized spacial score (nSPS) is 17.0. The van der Waals surface area contributed by atoms with Crippen LogP contribution in [0.3, 0.4) is 0 Å². The van der Waals surface area contributed by atoms with Crippen molar-refractivity contribution in [3.8, 4) is 5.75 Å². The number of ether oxygens (including phenoxy) is 1. The maximum absolute atomic E-state index is 12.1. The van der Waals surface area contributed by atoms with Gasteiger partial charge in [-0.05, 0) is 24.6 Å². The summed E-state index contributed by atoms with van der Waals surface area (Å²) in [5.41, 5.74) is 0.756. The van der Waals surface area contributed by atoms with Crippen molar-refractivity contribution in [3.05, 3.63) is 33.9 Å². The maximum Gasteiger partial charge on any atom is 0.311 e. The summed E-state index contributed by atoms with van der Waals surface area (Å²) in [5, 5.41) is 14.2. The summed E-state index contributed by atoms with van der Waals surface area (Å²) in [6.45, 7) is 1.79. The van der Waals surface area contributed by atoms with E-state index in [1.807, 2.05) is 7.05 Å². The van der Waals surface area contributed by atoms with E-state index in [1.54, 1.807) is 17.0 Å². The van der Waals surface area contributed by atoms with E-state index in [0.717, 1.165) is 25.1 Å². The molecule has 7 nitrogen and oxygen atoms in total. The summed E-state index contributed by atoms with van der Waals surface area (Å²) < 4.78 is 4.98. The smallest absolute Gasteiger partial charge is 0.311 e. The average Bonchev–Trinajstić information content (AvgIpc) is 3.08. The first kappa shape index (κ1) is 17.6. The first-order valence-electron chi connectivity index (χ1n) is 7.38. The van der Waals surface area contributed by atoms with Crippen molar-refractivity contribution in [2.75, 3.05) is 33.0 Å². The van der Waals surface area contributed by atoms with E-state index in [4.69, 9.17) is 4.74 Å². The molecule has 1 unspecified atom stereocenters. The molecule has 1 saturated heterocycles. The lowest BCUT2D eigenvalue weighted by atomic mass is 10.2. The number of thioether (sulfide) groups is 1. The largest absolute Gasteiger partial charge is 0.490 e. The van der Waals surface area contributed by atoms with Gasteiger partial charge in [-0.2, -0.15) is 0 Å². The minimum Gasteiger partial charge on any atom is -0.490 e. The van der Waals surface area contributed by atoms with E-state index in [2.05, 4.69) is 5.32 Å². The van der Waals surface area contributed by atoms with Crippen molar-refractivity contribution in [1.29, 1.82) is 0 Å². The molecule has 0 saturated carbocycles. The van der Waals surface area contributed by atoms with Crippen LogP contribution in [0.1, 0.15) is 12.0 Å². The highest BCUT2D eigenvalue weighted by atomic mass is 32.2. The predicted octanol–water partition coefficient (Wildman–Crippen LogP) is 1.66. The molecule has 1 amide bonds. The van der Waals surface area contributed by atoms with Crippen molar-refractivity contribution in [3.63, 3.8) is 0 Å². The number of carbonyl (C=O) groups is 1. The molecule has 1 aromatic rings. The summed E-state index contributed by atoms with van der Waals surface area (Å²) in [5.74, 6) is 1.25. The molecule has 126 valence electrons. The number of amides is 1. The van der Waals surface area contributed by atoms with Gasteiger partial charge in [0.1, 0.15) is 0 Å². The number of nitro groups is 1. The molecule has 0 bridgehead atoms. The van der Waals surface area contributed by atoms with E-state index < -0.39 is 4.92 Å². The first-order chi connectivity index (χ1) is 11.0. The van der Waals surface area contributed by atoms with Crippen molar-refractivity contribution in [2.45, 2.75) is 18.2 Å². The molecule has 1 atom stereocenters. The van der Waals surface area contributed by atoms with Crippen molar-refractivity contribution < 1.29 is 14.5 Å². The van der Waals surface area contributed by atoms with E-state index in [-0.39, 0.29) is 23.4 Å². The van der Waals surface area contributed by atoms with E-state index in [0.29, 0.717) is 11.5 Å². The molecule has 1 fully saturated rings. The SMILES string of the molecule is COc1ccc(CSCC(=O)N(C)C2CCNC2)cc1[N+](=O)[O-]. The lowest BCUT2D eigenvalue weighted by Crippen LogP contribution is -2.39. The monoisotopic (exact) mass is 339 g/mol. The van der Waals surface area contributed by atoms with Gasteiger partial charge in [0.15, 0.2) is 5.75 Å². The fraction of sp³-hybridized carbons (Fsp3) is 0.533. The number of nitro benzene ring substituents is 1. The third-order valence-electron chi connectivity index (χ3n) is 3.91. The summed E-state index contributed by atoms with van der Waals surface area (Å²) in [6, 6.07) is 5.14. The van der Waals surface area contributed by atoms with Crippen LogP contribution in [0.25, 0.3) is 0 Å². The van der Waals surface area contributed by atoms with Gasteiger partial charge in [-0.25, -0.2) is 0 Å². The molecule has 1 aliphatic heterocycles. The standard InChI is InChI=1S/C15H21N3O4S/c1-17(12-5-6-16-8-12)15(19)10-23-9-11-3-4-14(22-2)13(7-11)18(20)21/h3-4,7,12,16H,5-6,8-10H2,1-2H3. The molecule has 1 aromatic carbocycles. The van der Waals surface area contributed by atoms with Crippen LogP contribution in [0, 0.1) is 10.1 Å². The number of nitrogens with one attached hydrogen (secondary N) is 1. The fourth-order valence-corrected chi connectivity index (χ4v) is 3.40. The molecule has 0 radical (unpaired) electrons. The van der Waals surface area contributed by atoms with Crippen molar-refractivity contribution in [1.82, 2.24) is 10.2 Å². The second-order valence-electron chi connectivity index (χ2n) is 5.41. The lowest BCUT2D eigenvalue weighted by Gasteiger charge is -2.23. The first-order valence-corrected chi connectivity index (χ1v) is 8.54. The lowest BCUT2D eigenvalue weighted by molar-refractivity contribution is -0.385. The second kappa shape index (κ2) is 8.16. The average molecular weight is 339 g/mol. The highest BCUT2D eigenvalue weighted by molar-refractivity contribution is 7.99. The number of methoxy groups -OCH3 is 1. The van der Waals surface area contributed by atoms with Gasteiger partial charge in [0.2, 0.25) is 5.91 Å². The summed E-state index contributed by atoms with van der Waals surface area (Å²) in [6.07, 6.45) is 0.984. The van der Waals surface area contributed by atoms with Crippen LogP contribution in [-0.4, -0.2) is 54.8 Å². The molecule has 1 heterocycles. The number of benzene rings is 1. The highest BCUT2D eigenvalue weighted by Crippen LogP contribution is 2.29. The Balaban J connectivity index is 1.87. The molecule has 0 spiro atoms. The van der Waals surface area contributed by atoms with Crippen LogP contribution < -0.4 is 10.1 Å².